The molecule has 1 aliphatic heterocycles. The van der Waals surface area contributed by atoms with Gasteiger partial charge in [-0.3, -0.25) is 24.2 Å². The molecule has 0 spiro atoms. The number of piperazine rings is 1. The number of aliphatic hydroxyl groups excluding tert-OH is 3. The van der Waals surface area contributed by atoms with Crippen LogP contribution < -0.4 is 10.6 Å². The second-order valence-electron chi connectivity index (χ2n) is 22.1. The quantitative estimate of drug-likeness (QED) is 0.0379. The van der Waals surface area contributed by atoms with Crippen molar-refractivity contribution < 1.29 is 29.7 Å². The summed E-state index contributed by atoms with van der Waals surface area (Å²) < 4.78 is 0. The molecular weight excluding hydrogens is 873 g/mol. The summed E-state index contributed by atoms with van der Waals surface area (Å²) in [6.45, 7) is 12.4. The Morgan fingerprint density at radius 3 is 1.03 bits per heavy atom. The van der Waals surface area contributed by atoms with Gasteiger partial charge in [0, 0.05) is 26.1 Å². The summed E-state index contributed by atoms with van der Waals surface area (Å²) in [4.78, 5) is 44.0. The van der Waals surface area contributed by atoms with Crippen molar-refractivity contribution in [3.63, 3.8) is 0 Å². The van der Waals surface area contributed by atoms with Gasteiger partial charge in [-0.15, -0.1) is 0 Å². The number of aliphatic hydroxyl groups is 3. The summed E-state index contributed by atoms with van der Waals surface area (Å²) in [5.41, 5.74) is 0. The molecule has 0 aliphatic carbocycles. The summed E-state index contributed by atoms with van der Waals surface area (Å²) >= 11 is 0. The number of ketones is 1. The fourth-order valence-electron chi connectivity index (χ4n) is 10.4. The lowest BCUT2D eigenvalue weighted by molar-refractivity contribution is -0.137. The molecule has 2 amide bonds. The van der Waals surface area contributed by atoms with Crippen LogP contribution in [-0.4, -0.2) is 112 Å². The number of nitrogens with zero attached hydrogens (tertiary/aromatic N) is 2. The molecule has 5 atom stereocenters. The number of hydrogen-bond donors (Lipinski definition) is 5. The largest absolute Gasteiger partial charge is 0.392 e. The third-order valence-corrected chi connectivity index (χ3v) is 15.0. The Hall–Kier alpha value is -1.59. The van der Waals surface area contributed by atoms with Crippen molar-refractivity contribution in [2.45, 2.75) is 328 Å². The van der Waals surface area contributed by atoms with Crippen LogP contribution >= 0.6 is 0 Å². The second kappa shape index (κ2) is 48.4. The highest BCUT2D eigenvalue weighted by Crippen LogP contribution is 2.18. The molecule has 1 fully saturated rings. The molecule has 1 rings (SSSR count). The topological polar surface area (TPSA) is 142 Å². The van der Waals surface area contributed by atoms with E-state index in [-0.39, 0.29) is 17.6 Å². The molecule has 0 bridgehead atoms. The normalized spacial score (nSPS) is 16.5. The van der Waals surface area contributed by atoms with Gasteiger partial charge in [-0.05, 0) is 77.3 Å². The Morgan fingerprint density at radius 1 is 0.400 bits per heavy atom. The molecule has 0 aromatic heterocycles. The molecule has 0 radical (unpaired) electrons. The van der Waals surface area contributed by atoms with Crippen LogP contribution in [0.25, 0.3) is 0 Å². The zero-order valence-electron chi connectivity index (χ0n) is 46.8. The summed E-state index contributed by atoms with van der Waals surface area (Å²) in [5.74, 6) is -0.000786. The van der Waals surface area contributed by atoms with Crippen LogP contribution in [0.3, 0.4) is 0 Å². The van der Waals surface area contributed by atoms with Gasteiger partial charge in [0.2, 0.25) is 11.8 Å². The number of carbonyl (C=O) groups is 3. The third kappa shape index (κ3) is 39.9. The van der Waals surface area contributed by atoms with Gasteiger partial charge in [0.25, 0.3) is 0 Å². The van der Waals surface area contributed by atoms with Crippen LogP contribution in [0, 0.1) is 0 Å². The van der Waals surface area contributed by atoms with Crippen molar-refractivity contribution in [1.82, 2.24) is 20.4 Å². The van der Waals surface area contributed by atoms with Crippen LogP contribution in [0.1, 0.15) is 297 Å². The second-order valence-corrected chi connectivity index (χ2v) is 22.1. The Balaban J connectivity index is 2.60. The van der Waals surface area contributed by atoms with E-state index >= 15 is 0 Å². The molecule has 0 saturated carbocycles. The molecule has 414 valence electrons. The highest BCUT2D eigenvalue weighted by atomic mass is 16.3. The minimum atomic E-state index is -0.561. The number of carbonyl (C=O) groups excluding carboxylic acids is 3. The Morgan fingerprint density at radius 2 is 0.686 bits per heavy atom. The lowest BCUT2D eigenvalue weighted by Crippen LogP contribution is -2.61. The summed E-state index contributed by atoms with van der Waals surface area (Å²) in [6, 6.07) is -1.11. The zero-order chi connectivity index (χ0) is 51.1. The maximum absolute atomic E-state index is 13.3. The van der Waals surface area contributed by atoms with E-state index in [1.165, 1.54) is 154 Å². The number of Topliss-reactive ketones (excluding diaryl/α,β-unsaturated/α-hetero) is 1. The van der Waals surface area contributed by atoms with E-state index in [1.807, 2.05) is 0 Å². The van der Waals surface area contributed by atoms with Gasteiger partial charge in [0.1, 0.15) is 17.9 Å². The van der Waals surface area contributed by atoms with Gasteiger partial charge in [0.15, 0.2) is 0 Å². The number of unbranched alkanes of at least 4 members (excludes halogenated alkanes) is 30. The van der Waals surface area contributed by atoms with E-state index in [2.05, 4.69) is 48.1 Å². The van der Waals surface area contributed by atoms with Gasteiger partial charge in [-0.2, -0.15) is 0 Å². The Kier molecular flexibility index (Phi) is 45.9. The molecule has 10 heteroatoms. The Labute approximate surface area is 433 Å². The van der Waals surface area contributed by atoms with Gasteiger partial charge in [-0.1, -0.05) is 227 Å². The Bertz CT molecular complexity index is 1160. The van der Waals surface area contributed by atoms with Gasteiger partial charge >= 0.3 is 0 Å². The number of amides is 2. The molecule has 1 aliphatic rings. The molecule has 5 unspecified atom stereocenters. The summed E-state index contributed by atoms with van der Waals surface area (Å²) in [6.07, 6.45) is 45.2. The first-order valence-electron chi connectivity index (χ1n) is 30.7. The molecular formula is C60H118N4O6. The maximum Gasteiger partial charge on any atom is 0.243 e. The van der Waals surface area contributed by atoms with Crippen molar-refractivity contribution in [2.24, 2.45) is 0 Å². The first-order chi connectivity index (χ1) is 34.1. The van der Waals surface area contributed by atoms with Crippen molar-refractivity contribution in [1.29, 1.82) is 0 Å². The van der Waals surface area contributed by atoms with E-state index in [0.29, 0.717) is 52.0 Å². The smallest absolute Gasteiger partial charge is 0.243 e. The van der Waals surface area contributed by atoms with Crippen molar-refractivity contribution in [2.75, 3.05) is 39.3 Å². The summed E-state index contributed by atoms with van der Waals surface area (Å²) in [5, 5.41) is 39.1. The fourth-order valence-corrected chi connectivity index (χ4v) is 10.4. The molecule has 1 saturated heterocycles. The first kappa shape index (κ1) is 66.4. The standard InChI is InChI=1S/C60H118N4O6/c1-5-9-13-17-21-25-29-33-41-53(65)49-63(50-54(66)42-34-30-26-22-18-14-10-6-2)47-39-37-45-57-59(69)62-58(60(70)61-57)46-38-40-48-64(51-55(67)43-35-31-27-23-19-15-11-7-3)52-56(68)44-36-32-28-24-20-16-12-8-4/h53-55,57-58,65-67H,5-52H2,1-4H3,(H,61,70)(H,62,69). The highest BCUT2D eigenvalue weighted by Gasteiger charge is 2.33. The van der Waals surface area contributed by atoms with Crippen molar-refractivity contribution >= 4 is 17.6 Å². The van der Waals surface area contributed by atoms with Gasteiger partial charge < -0.3 is 26.0 Å². The fraction of sp³-hybridized carbons (Fsp3) is 0.950. The summed E-state index contributed by atoms with van der Waals surface area (Å²) in [7, 11) is 0. The van der Waals surface area contributed by atoms with E-state index in [1.54, 1.807) is 0 Å². The van der Waals surface area contributed by atoms with Crippen LogP contribution in [-0.2, 0) is 14.4 Å². The monoisotopic (exact) mass is 991 g/mol. The van der Waals surface area contributed by atoms with Crippen LogP contribution in [0.4, 0.5) is 0 Å². The molecule has 70 heavy (non-hydrogen) atoms. The van der Waals surface area contributed by atoms with Gasteiger partial charge in [0.05, 0.1) is 24.9 Å². The molecule has 1 heterocycles. The molecule has 0 aromatic rings. The minimum Gasteiger partial charge on any atom is -0.392 e. The van der Waals surface area contributed by atoms with E-state index in [4.69, 9.17) is 0 Å². The molecule has 0 aromatic carbocycles. The maximum atomic E-state index is 13.3. The number of hydrogen-bond acceptors (Lipinski definition) is 8. The number of nitrogens with one attached hydrogen (secondary N) is 2. The SMILES string of the molecule is CCCCCCCCCCC(=O)CN(CCCCC1NC(=O)C(CCCCN(CC(O)CCCCCCCCCC)CC(O)CCCCCCCCCC)NC1=O)CC(O)CCCCCCCCCC. The third-order valence-electron chi connectivity index (χ3n) is 15.0. The van der Waals surface area contributed by atoms with E-state index in [0.717, 1.165) is 103 Å². The highest BCUT2D eigenvalue weighted by molar-refractivity contribution is 5.96. The van der Waals surface area contributed by atoms with E-state index in [9.17, 15) is 29.7 Å². The average molecular weight is 992 g/mol. The predicted molar refractivity (Wildman–Crippen MR) is 296 cm³/mol. The zero-order valence-corrected chi connectivity index (χ0v) is 46.8. The van der Waals surface area contributed by atoms with E-state index < -0.39 is 30.4 Å². The molecule has 5 N–H and O–H groups in total. The van der Waals surface area contributed by atoms with Crippen molar-refractivity contribution in [3.05, 3.63) is 0 Å². The van der Waals surface area contributed by atoms with Crippen molar-refractivity contribution in [3.8, 4) is 0 Å². The van der Waals surface area contributed by atoms with Gasteiger partial charge in [-0.25, -0.2) is 0 Å². The number of rotatable bonds is 54. The lowest BCUT2D eigenvalue weighted by Gasteiger charge is -2.30. The minimum absolute atomic E-state index is 0.125. The van der Waals surface area contributed by atoms with Crippen LogP contribution in [0.2, 0.25) is 0 Å². The first-order valence-corrected chi connectivity index (χ1v) is 30.7. The average Bonchev–Trinajstić information content (AvgIpc) is 3.33. The lowest BCUT2D eigenvalue weighted by atomic mass is 10.0. The predicted octanol–water partition coefficient (Wildman–Crippen LogP) is 13.7. The van der Waals surface area contributed by atoms with Crippen LogP contribution in [0.15, 0.2) is 0 Å². The van der Waals surface area contributed by atoms with Crippen LogP contribution in [0.5, 0.6) is 0 Å². The molecule has 10 nitrogen and oxygen atoms in total.